The van der Waals surface area contributed by atoms with Gasteiger partial charge in [-0.3, -0.25) is 14.2 Å². The SMILES string of the molecule is CC[C@@H](C)NC(=O)Cn1c(=O)n(-c2cccc(C(F)(F)F)c2)c(=O)c2ccccc21. The number of hydrogen-bond donors (Lipinski definition) is 1. The molecular weight excluding hydrogens is 399 g/mol. The van der Waals surface area contributed by atoms with Gasteiger partial charge in [-0.25, -0.2) is 9.36 Å². The summed E-state index contributed by atoms with van der Waals surface area (Å²) < 4.78 is 41.1. The highest BCUT2D eigenvalue weighted by Gasteiger charge is 2.31. The summed E-state index contributed by atoms with van der Waals surface area (Å²) in [7, 11) is 0. The lowest BCUT2D eigenvalue weighted by atomic mass is 10.2. The van der Waals surface area contributed by atoms with Crippen molar-refractivity contribution < 1.29 is 18.0 Å². The Balaban J connectivity index is 2.23. The van der Waals surface area contributed by atoms with E-state index in [4.69, 9.17) is 0 Å². The maximum atomic E-state index is 13.1. The Morgan fingerprint density at radius 2 is 1.80 bits per heavy atom. The highest BCUT2D eigenvalue weighted by atomic mass is 19.4. The summed E-state index contributed by atoms with van der Waals surface area (Å²) in [5, 5.41) is 2.85. The quantitative estimate of drug-likeness (QED) is 0.691. The highest BCUT2D eigenvalue weighted by molar-refractivity contribution is 5.82. The van der Waals surface area contributed by atoms with Crippen molar-refractivity contribution in [2.75, 3.05) is 0 Å². The summed E-state index contributed by atoms with van der Waals surface area (Å²) >= 11 is 0. The summed E-state index contributed by atoms with van der Waals surface area (Å²) in [5.74, 6) is -0.439. The standard InChI is InChI=1S/C21H20F3N3O3/c1-3-13(2)25-18(28)12-26-17-10-5-4-9-16(17)19(29)27(20(26)30)15-8-6-7-14(11-15)21(22,23)24/h4-11,13H,3,12H2,1-2H3,(H,25,28)/t13-/m1/s1. The molecule has 0 fully saturated rings. The summed E-state index contributed by atoms with van der Waals surface area (Å²) in [5.41, 5.74) is -2.62. The number of alkyl halides is 3. The fourth-order valence-corrected chi connectivity index (χ4v) is 3.09. The summed E-state index contributed by atoms with van der Waals surface area (Å²) in [6.07, 6.45) is -3.95. The van der Waals surface area contributed by atoms with E-state index in [0.29, 0.717) is 11.0 Å². The number of aromatic nitrogens is 2. The molecule has 0 spiro atoms. The Bertz CT molecular complexity index is 1210. The Kier molecular flexibility index (Phi) is 5.82. The van der Waals surface area contributed by atoms with Gasteiger partial charge in [-0.2, -0.15) is 13.2 Å². The number of para-hydroxylation sites is 1. The minimum atomic E-state index is -4.63. The molecule has 9 heteroatoms. The molecule has 1 amide bonds. The van der Waals surface area contributed by atoms with Crippen molar-refractivity contribution in [2.45, 2.75) is 39.0 Å². The van der Waals surface area contributed by atoms with E-state index in [1.54, 1.807) is 12.1 Å². The molecule has 3 rings (SSSR count). The lowest BCUT2D eigenvalue weighted by Gasteiger charge is -2.16. The number of nitrogens with zero attached hydrogens (tertiary/aromatic N) is 2. The molecule has 0 aliphatic carbocycles. The number of rotatable bonds is 5. The number of fused-ring (bicyclic) bond motifs is 1. The smallest absolute Gasteiger partial charge is 0.352 e. The van der Waals surface area contributed by atoms with Crippen LogP contribution >= 0.6 is 0 Å². The van der Waals surface area contributed by atoms with Crippen LogP contribution in [0.1, 0.15) is 25.8 Å². The average Bonchev–Trinajstić information content (AvgIpc) is 2.70. The molecule has 0 saturated carbocycles. The minimum absolute atomic E-state index is 0.117. The second-order valence-corrected chi connectivity index (χ2v) is 6.95. The second-order valence-electron chi connectivity index (χ2n) is 6.95. The van der Waals surface area contributed by atoms with Gasteiger partial charge < -0.3 is 5.32 Å². The number of nitrogens with one attached hydrogen (secondary N) is 1. The number of benzene rings is 2. The molecule has 0 radical (unpaired) electrons. The lowest BCUT2D eigenvalue weighted by Crippen LogP contribution is -2.43. The van der Waals surface area contributed by atoms with Crippen LogP contribution in [0.25, 0.3) is 16.6 Å². The van der Waals surface area contributed by atoms with Crippen LogP contribution in [-0.4, -0.2) is 21.1 Å². The van der Waals surface area contributed by atoms with E-state index in [1.807, 2.05) is 13.8 Å². The predicted molar refractivity (Wildman–Crippen MR) is 107 cm³/mol. The highest BCUT2D eigenvalue weighted by Crippen LogP contribution is 2.30. The summed E-state index contributed by atoms with van der Waals surface area (Å²) in [4.78, 5) is 38.5. The van der Waals surface area contributed by atoms with E-state index in [1.165, 1.54) is 18.2 Å². The van der Waals surface area contributed by atoms with E-state index in [2.05, 4.69) is 5.32 Å². The van der Waals surface area contributed by atoms with Crippen LogP contribution in [0.2, 0.25) is 0 Å². The van der Waals surface area contributed by atoms with Gasteiger partial charge in [-0.05, 0) is 43.7 Å². The summed E-state index contributed by atoms with van der Waals surface area (Å²) in [6.45, 7) is 3.32. The van der Waals surface area contributed by atoms with Crippen molar-refractivity contribution in [3.8, 4) is 5.69 Å². The maximum absolute atomic E-state index is 13.1. The Morgan fingerprint density at radius 3 is 2.47 bits per heavy atom. The third-order valence-corrected chi connectivity index (χ3v) is 4.80. The minimum Gasteiger partial charge on any atom is -0.352 e. The Hall–Kier alpha value is -3.36. The maximum Gasteiger partial charge on any atom is 0.416 e. The van der Waals surface area contributed by atoms with Crippen molar-refractivity contribution in [1.82, 2.24) is 14.5 Å². The topological polar surface area (TPSA) is 73.1 Å². The van der Waals surface area contributed by atoms with Crippen molar-refractivity contribution in [2.24, 2.45) is 0 Å². The molecule has 1 N–H and O–H groups in total. The third-order valence-electron chi connectivity index (χ3n) is 4.80. The van der Waals surface area contributed by atoms with Crippen LogP contribution in [0.5, 0.6) is 0 Å². The number of carbonyl (C=O) groups excluding carboxylic acids is 1. The van der Waals surface area contributed by atoms with Gasteiger partial charge in [0.1, 0.15) is 6.54 Å². The zero-order valence-corrected chi connectivity index (χ0v) is 16.4. The van der Waals surface area contributed by atoms with Crippen LogP contribution in [0.4, 0.5) is 13.2 Å². The van der Waals surface area contributed by atoms with E-state index in [0.717, 1.165) is 22.8 Å². The molecule has 6 nitrogen and oxygen atoms in total. The van der Waals surface area contributed by atoms with Gasteiger partial charge in [0, 0.05) is 6.04 Å². The van der Waals surface area contributed by atoms with Crippen LogP contribution < -0.4 is 16.6 Å². The third kappa shape index (κ3) is 4.14. The molecular formula is C21H20F3N3O3. The molecule has 0 aliphatic heterocycles. The molecule has 0 unspecified atom stereocenters. The van der Waals surface area contributed by atoms with E-state index < -0.39 is 28.9 Å². The fourth-order valence-electron chi connectivity index (χ4n) is 3.09. The van der Waals surface area contributed by atoms with Gasteiger partial charge in [0.15, 0.2) is 0 Å². The Labute approximate surface area is 169 Å². The molecule has 30 heavy (non-hydrogen) atoms. The number of hydrogen-bond acceptors (Lipinski definition) is 3. The van der Waals surface area contributed by atoms with Crippen molar-refractivity contribution in [3.05, 3.63) is 74.9 Å². The first kappa shape index (κ1) is 21.4. The van der Waals surface area contributed by atoms with Crippen LogP contribution in [-0.2, 0) is 17.5 Å². The van der Waals surface area contributed by atoms with Gasteiger partial charge in [-0.1, -0.05) is 25.1 Å². The van der Waals surface area contributed by atoms with Gasteiger partial charge in [-0.15, -0.1) is 0 Å². The number of halogens is 3. The summed E-state index contributed by atoms with van der Waals surface area (Å²) in [6, 6.07) is 10.0. The predicted octanol–water partition coefficient (Wildman–Crippen LogP) is 3.09. The normalized spacial score (nSPS) is 12.7. The molecule has 3 aromatic rings. The number of carbonyl (C=O) groups is 1. The molecule has 2 aromatic carbocycles. The first-order chi connectivity index (χ1) is 14.1. The molecule has 1 heterocycles. The second kappa shape index (κ2) is 8.17. The lowest BCUT2D eigenvalue weighted by molar-refractivity contribution is -0.137. The molecule has 158 valence electrons. The van der Waals surface area contributed by atoms with Gasteiger partial charge in [0.25, 0.3) is 5.56 Å². The van der Waals surface area contributed by atoms with Crippen molar-refractivity contribution >= 4 is 16.8 Å². The Morgan fingerprint density at radius 1 is 1.10 bits per heavy atom. The first-order valence-corrected chi connectivity index (χ1v) is 9.35. The fraction of sp³-hybridized carbons (Fsp3) is 0.286. The van der Waals surface area contributed by atoms with Gasteiger partial charge >= 0.3 is 11.9 Å². The van der Waals surface area contributed by atoms with Crippen molar-refractivity contribution in [1.29, 1.82) is 0 Å². The first-order valence-electron chi connectivity index (χ1n) is 9.35. The van der Waals surface area contributed by atoms with E-state index in [9.17, 15) is 27.6 Å². The van der Waals surface area contributed by atoms with Crippen molar-refractivity contribution in [3.63, 3.8) is 0 Å². The molecule has 0 bridgehead atoms. The van der Waals surface area contributed by atoms with Crippen LogP contribution in [0.3, 0.4) is 0 Å². The molecule has 1 aromatic heterocycles. The average molecular weight is 419 g/mol. The number of amides is 1. The van der Waals surface area contributed by atoms with Gasteiger partial charge in [0.2, 0.25) is 5.91 Å². The van der Waals surface area contributed by atoms with Crippen LogP contribution in [0.15, 0.2) is 58.1 Å². The molecule has 1 atom stereocenters. The van der Waals surface area contributed by atoms with Gasteiger partial charge in [0.05, 0.1) is 22.2 Å². The zero-order valence-electron chi connectivity index (χ0n) is 16.4. The van der Waals surface area contributed by atoms with E-state index >= 15 is 0 Å². The van der Waals surface area contributed by atoms with E-state index in [-0.39, 0.29) is 29.2 Å². The van der Waals surface area contributed by atoms with Crippen LogP contribution in [0, 0.1) is 0 Å². The monoisotopic (exact) mass is 419 g/mol. The molecule has 0 aliphatic rings. The zero-order chi connectivity index (χ0) is 22.1. The molecule has 0 saturated heterocycles. The largest absolute Gasteiger partial charge is 0.416 e.